The van der Waals surface area contributed by atoms with Gasteiger partial charge in [0.15, 0.2) is 12.2 Å². The van der Waals surface area contributed by atoms with Gasteiger partial charge in [0.05, 0.1) is 17.6 Å². The van der Waals surface area contributed by atoms with Crippen molar-refractivity contribution in [1.29, 1.82) is 0 Å². The van der Waals surface area contributed by atoms with Crippen molar-refractivity contribution in [2.75, 3.05) is 13.6 Å². The van der Waals surface area contributed by atoms with E-state index in [0.717, 1.165) is 11.1 Å². The maximum absolute atomic E-state index is 13.2. The minimum absolute atomic E-state index is 0.161. The fraction of sp³-hybridized carbons (Fsp3) is 0.581. The largest absolute Gasteiger partial charge is 0.481 e. The Hall–Kier alpha value is -4.06. The summed E-state index contributed by atoms with van der Waals surface area (Å²) in [6.07, 6.45) is -7.33. The van der Waals surface area contributed by atoms with E-state index in [1.165, 1.54) is 13.8 Å². The summed E-state index contributed by atoms with van der Waals surface area (Å²) in [6, 6.07) is 2.13. The van der Waals surface area contributed by atoms with E-state index in [9.17, 15) is 47.7 Å². The van der Waals surface area contributed by atoms with Gasteiger partial charge in [0.2, 0.25) is 12.2 Å². The smallest absolute Gasteiger partial charge is 0.446 e. The third-order valence-corrected chi connectivity index (χ3v) is 9.23. The van der Waals surface area contributed by atoms with Crippen LogP contribution in [0.1, 0.15) is 56.2 Å². The average Bonchev–Trinajstić information content (AvgIpc) is 3.37. The van der Waals surface area contributed by atoms with Crippen LogP contribution in [0.5, 0.6) is 5.75 Å². The van der Waals surface area contributed by atoms with Crippen molar-refractivity contribution in [3.8, 4) is 5.75 Å². The topological polar surface area (TPSA) is 209 Å². The number of hydrogen-bond donors (Lipinski definition) is 5. The lowest BCUT2D eigenvalue weighted by molar-refractivity contribution is -0.176. The number of esters is 2. The molecule has 2 aliphatic carbocycles. The highest BCUT2D eigenvalue weighted by Gasteiger charge is 2.72. The van der Waals surface area contributed by atoms with Crippen LogP contribution in [0.15, 0.2) is 24.0 Å². The molecule has 0 unspecified atom stereocenters. The number of nitrogens with zero attached hydrogens (tertiary/aromatic N) is 1. The molecular weight excluding hydrogens is 649 g/mol. The number of ether oxygens (including phenoxy) is 3. The summed E-state index contributed by atoms with van der Waals surface area (Å²) >= 11 is 0. The fourth-order valence-electron chi connectivity index (χ4n) is 6.94. The number of carbonyl (C=O) groups excluding carboxylic acids is 4. The first-order valence-electron chi connectivity index (χ1n) is 15.1. The van der Waals surface area contributed by atoms with Crippen molar-refractivity contribution in [2.24, 2.45) is 0 Å². The number of rotatable bonds is 10. The molecule has 1 spiro atoms. The molecule has 4 aliphatic rings. The van der Waals surface area contributed by atoms with Crippen LogP contribution in [0.4, 0.5) is 13.2 Å². The first-order valence-corrected chi connectivity index (χ1v) is 15.1. The van der Waals surface area contributed by atoms with Crippen LogP contribution in [0.25, 0.3) is 0 Å². The third-order valence-electron chi connectivity index (χ3n) is 9.23. The SMILES string of the molecule is C[C@H](O)C(=O)N[C@@H](CCC(=O)O)C(=O)O[C@@H](C)C(=O)OC1=CC[C@@]2(O)[C@H]3Cc4ccc(CO)c5c4[C@@]2(CCN3C)[C@H]1O5.O=CC(F)(F)F. The lowest BCUT2D eigenvalue weighted by Crippen LogP contribution is -2.74. The first kappa shape index (κ1) is 36.8. The minimum Gasteiger partial charge on any atom is -0.481 e. The number of likely N-dealkylation sites (tertiary alicyclic amines) is 1. The molecule has 264 valence electrons. The monoisotopic (exact) mass is 686 g/mol. The van der Waals surface area contributed by atoms with Gasteiger partial charge in [0.25, 0.3) is 0 Å². The van der Waals surface area contributed by atoms with Gasteiger partial charge in [-0.15, -0.1) is 0 Å². The number of likely N-dealkylation sites (N-methyl/N-ethyl adjacent to an activating group) is 1. The number of halogens is 3. The molecule has 5 N–H and O–H groups in total. The Kier molecular flexibility index (Phi) is 10.6. The van der Waals surface area contributed by atoms with Crippen LogP contribution in [0, 0.1) is 0 Å². The van der Waals surface area contributed by atoms with E-state index in [0.29, 0.717) is 30.7 Å². The maximum Gasteiger partial charge on any atom is 0.446 e. The molecule has 17 heteroatoms. The highest BCUT2D eigenvalue weighted by molar-refractivity contribution is 5.88. The number of piperidine rings is 1. The predicted octanol–water partition coefficient (Wildman–Crippen LogP) is 0.410. The molecule has 0 aromatic heterocycles. The number of carboxylic acids is 1. The van der Waals surface area contributed by atoms with E-state index in [1.807, 2.05) is 13.1 Å². The maximum atomic E-state index is 13.2. The summed E-state index contributed by atoms with van der Waals surface area (Å²) in [4.78, 5) is 59.8. The standard InChI is InChI=1S/C29H36N2O11.C2HF3O/c1-14(33)25(36)30-18(6-7-21(34)35)27(38)40-15(2)26(37)41-19-8-9-29(39)20-12-16-4-5-17(13-32)23-22(16)28(29,24(19)42-23)10-11-31(20)3;3-2(4,5)1-6/h4-5,8,14-15,18,20,24,32-33,39H,6-7,9-13H2,1-3H3,(H,30,36)(H,34,35);1H/t14-,15-,18-,20+,24-,28-,29+;/m0./s1. The summed E-state index contributed by atoms with van der Waals surface area (Å²) in [5.41, 5.74) is 0.270. The number of aldehydes is 1. The van der Waals surface area contributed by atoms with Crippen LogP contribution >= 0.6 is 0 Å². The number of carbonyl (C=O) groups is 5. The summed E-state index contributed by atoms with van der Waals surface area (Å²) in [7, 11) is 1.97. The molecule has 1 aromatic rings. The molecule has 0 saturated carbocycles. The van der Waals surface area contributed by atoms with E-state index >= 15 is 0 Å². The molecule has 2 heterocycles. The number of aliphatic hydroxyl groups is 3. The van der Waals surface area contributed by atoms with Crippen LogP contribution < -0.4 is 10.1 Å². The molecule has 5 rings (SSSR count). The number of hydrogen-bond acceptors (Lipinski definition) is 12. The molecular formula is C31H37F3N2O12. The zero-order chi connectivity index (χ0) is 35.8. The molecule has 1 amide bonds. The predicted molar refractivity (Wildman–Crippen MR) is 155 cm³/mol. The van der Waals surface area contributed by atoms with Crippen LogP contribution in [-0.2, 0) is 51.9 Å². The van der Waals surface area contributed by atoms with Gasteiger partial charge >= 0.3 is 24.1 Å². The third kappa shape index (κ3) is 6.76. The Morgan fingerprint density at radius 1 is 1.21 bits per heavy atom. The van der Waals surface area contributed by atoms with E-state index < -0.39 is 78.1 Å². The zero-order valence-electron chi connectivity index (χ0n) is 26.3. The Morgan fingerprint density at radius 3 is 2.46 bits per heavy atom. The van der Waals surface area contributed by atoms with E-state index in [-0.39, 0.29) is 31.2 Å². The number of amides is 1. The Balaban J connectivity index is 0.000000794. The first-order chi connectivity index (χ1) is 22.4. The Bertz CT molecular complexity index is 1500. The molecule has 14 nitrogen and oxygen atoms in total. The molecule has 2 aliphatic heterocycles. The number of nitrogens with one attached hydrogen (secondary N) is 1. The van der Waals surface area contributed by atoms with Gasteiger partial charge in [-0.25, -0.2) is 9.59 Å². The van der Waals surface area contributed by atoms with Crippen molar-refractivity contribution in [1.82, 2.24) is 10.2 Å². The van der Waals surface area contributed by atoms with Gasteiger partial charge in [-0.1, -0.05) is 12.1 Å². The van der Waals surface area contributed by atoms with Crippen LogP contribution in [-0.4, -0.2) is 111 Å². The highest BCUT2D eigenvalue weighted by atomic mass is 19.4. The van der Waals surface area contributed by atoms with Crippen molar-refractivity contribution in [3.63, 3.8) is 0 Å². The summed E-state index contributed by atoms with van der Waals surface area (Å²) in [5.74, 6) is -3.46. The average molecular weight is 687 g/mol. The number of carboxylic acid groups (broad SMARTS) is 1. The molecule has 1 fully saturated rings. The van der Waals surface area contributed by atoms with E-state index in [4.69, 9.17) is 24.1 Å². The van der Waals surface area contributed by atoms with Crippen LogP contribution in [0.2, 0.25) is 0 Å². The van der Waals surface area contributed by atoms with Crippen molar-refractivity contribution >= 4 is 30.1 Å². The number of aliphatic hydroxyl groups excluding tert-OH is 2. The minimum atomic E-state index is -4.64. The number of benzene rings is 1. The number of alkyl halides is 3. The lowest BCUT2D eigenvalue weighted by atomic mass is 9.50. The Labute approximate surface area is 272 Å². The normalized spacial score (nSPS) is 27.0. The molecule has 48 heavy (non-hydrogen) atoms. The summed E-state index contributed by atoms with van der Waals surface area (Å²) < 4.78 is 48.7. The van der Waals surface area contributed by atoms with Gasteiger partial charge in [-0.3, -0.25) is 14.4 Å². The summed E-state index contributed by atoms with van der Waals surface area (Å²) in [6.45, 7) is 2.86. The van der Waals surface area contributed by atoms with Gasteiger partial charge in [-0.2, -0.15) is 13.2 Å². The molecule has 2 bridgehead atoms. The van der Waals surface area contributed by atoms with E-state index in [2.05, 4.69) is 10.2 Å². The van der Waals surface area contributed by atoms with Gasteiger partial charge in [0, 0.05) is 30.0 Å². The quantitative estimate of drug-likeness (QED) is 0.167. The van der Waals surface area contributed by atoms with Crippen LogP contribution in [0.3, 0.4) is 0 Å². The zero-order valence-corrected chi connectivity index (χ0v) is 26.3. The second-order valence-corrected chi connectivity index (χ2v) is 12.2. The number of aliphatic carboxylic acids is 1. The van der Waals surface area contributed by atoms with Gasteiger partial charge < -0.3 is 44.9 Å². The molecule has 7 atom stereocenters. The van der Waals surface area contributed by atoms with Crippen molar-refractivity contribution in [2.45, 2.75) is 100 Å². The summed E-state index contributed by atoms with van der Waals surface area (Å²) in [5, 5.41) is 43.0. The lowest BCUT2D eigenvalue weighted by Gasteiger charge is -2.61. The van der Waals surface area contributed by atoms with E-state index in [1.54, 1.807) is 12.1 Å². The van der Waals surface area contributed by atoms with Gasteiger partial charge in [-0.05, 0) is 58.3 Å². The van der Waals surface area contributed by atoms with Crippen molar-refractivity contribution < 1.29 is 71.8 Å². The molecule has 1 saturated heterocycles. The molecule has 1 aromatic carbocycles. The molecule has 0 radical (unpaired) electrons. The van der Waals surface area contributed by atoms with Gasteiger partial charge in [0.1, 0.15) is 23.7 Å². The highest BCUT2D eigenvalue weighted by Crippen LogP contribution is 2.64. The van der Waals surface area contributed by atoms with Crippen molar-refractivity contribution in [3.05, 3.63) is 40.7 Å². The fourth-order valence-corrected chi connectivity index (χ4v) is 6.94. The Morgan fingerprint density at radius 2 is 1.88 bits per heavy atom. The second-order valence-electron chi connectivity index (χ2n) is 12.2. The second kappa shape index (κ2) is 13.8.